The lowest BCUT2D eigenvalue weighted by molar-refractivity contribution is 0.340. The first-order valence-electron chi connectivity index (χ1n) is 7.02. The predicted octanol–water partition coefficient (Wildman–Crippen LogP) is 2.31. The van der Waals surface area contributed by atoms with E-state index in [9.17, 15) is 13.5 Å². The first kappa shape index (κ1) is 16.3. The fourth-order valence-electron chi connectivity index (χ4n) is 2.01. The topological polar surface area (TPSA) is 75.6 Å². The third kappa shape index (κ3) is 4.22. The largest absolute Gasteiger partial charge is 0.508 e. The Balaban J connectivity index is 1.97. The van der Waals surface area contributed by atoms with Crippen LogP contribution in [0.1, 0.15) is 12.5 Å². The Bertz CT molecular complexity index is 711. The van der Waals surface area contributed by atoms with E-state index in [1.165, 1.54) is 12.1 Å². The summed E-state index contributed by atoms with van der Waals surface area (Å²) in [6.45, 7) is 2.61. The fraction of sp³-hybridized carbons (Fsp3) is 0.250. The molecule has 0 bridgehead atoms. The van der Waals surface area contributed by atoms with Crippen molar-refractivity contribution in [3.63, 3.8) is 0 Å². The number of sulfonamides is 1. The zero-order valence-electron chi connectivity index (χ0n) is 12.3. The lowest BCUT2D eigenvalue weighted by atomic mass is 10.1. The monoisotopic (exact) mass is 321 g/mol. The molecule has 2 aromatic rings. The standard InChI is InChI=1S/C16H19NO4S/c1-2-21-14-7-9-15(10-8-14)22(19,20)17-12-11-13-5-3-4-6-16(13)18/h3-10,17-18H,2,11-12H2,1H3. The molecular formula is C16H19NO4S. The van der Waals surface area contributed by atoms with Gasteiger partial charge in [-0.1, -0.05) is 18.2 Å². The minimum atomic E-state index is -3.56. The van der Waals surface area contributed by atoms with E-state index in [0.717, 1.165) is 0 Å². The molecule has 0 amide bonds. The first-order chi connectivity index (χ1) is 10.5. The van der Waals surface area contributed by atoms with Gasteiger partial charge in [0.2, 0.25) is 10.0 Å². The van der Waals surface area contributed by atoms with Crippen LogP contribution in [0.2, 0.25) is 0 Å². The van der Waals surface area contributed by atoms with Gasteiger partial charge in [-0.15, -0.1) is 0 Å². The zero-order chi connectivity index (χ0) is 16.0. The SMILES string of the molecule is CCOc1ccc(S(=O)(=O)NCCc2ccccc2O)cc1. The van der Waals surface area contributed by atoms with Crippen LogP contribution in [0, 0.1) is 0 Å². The highest BCUT2D eigenvalue weighted by molar-refractivity contribution is 7.89. The van der Waals surface area contributed by atoms with Crippen molar-refractivity contribution in [3.05, 3.63) is 54.1 Å². The second kappa shape index (κ2) is 7.29. The average Bonchev–Trinajstić information content (AvgIpc) is 2.50. The highest BCUT2D eigenvalue weighted by atomic mass is 32.2. The van der Waals surface area contributed by atoms with Crippen LogP contribution in [0.3, 0.4) is 0 Å². The van der Waals surface area contributed by atoms with E-state index in [4.69, 9.17) is 4.74 Å². The molecule has 0 spiro atoms. The third-order valence-electron chi connectivity index (χ3n) is 3.12. The van der Waals surface area contributed by atoms with E-state index in [1.54, 1.807) is 36.4 Å². The Kier molecular flexibility index (Phi) is 5.41. The molecule has 22 heavy (non-hydrogen) atoms. The summed E-state index contributed by atoms with van der Waals surface area (Å²) in [7, 11) is -3.56. The molecule has 0 radical (unpaired) electrons. The van der Waals surface area contributed by atoms with Gasteiger partial charge < -0.3 is 9.84 Å². The molecule has 0 aliphatic rings. The Morgan fingerprint density at radius 1 is 1.09 bits per heavy atom. The summed E-state index contributed by atoms with van der Waals surface area (Å²) >= 11 is 0. The van der Waals surface area contributed by atoms with Crippen molar-refractivity contribution in [2.45, 2.75) is 18.2 Å². The molecule has 2 N–H and O–H groups in total. The second-order valence-electron chi connectivity index (χ2n) is 4.68. The van der Waals surface area contributed by atoms with Crippen molar-refractivity contribution < 1.29 is 18.3 Å². The molecule has 0 unspecified atom stereocenters. The summed E-state index contributed by atoms with van der Waals surface area (Å²) in [5.74, 6) is 0.804. The average molecular weight is 321 g/mol. The number of rotatable bonds is 7. The summed E-state index contributed by atoms with van der Waals surface area (Å²) < 4.78 is 32.1. The van der Waals surface area contributed by atoms with Gasteiger partial charge in [-0.3, -0.25) is 0 Å². The Morgan fingerprint density at radius 3 is 2.41 bits per heavy atom. The number of hydrogen-bond acceptors (Lipinski definition) is 4. The minimum absolute atomic E-state index is 0.169. The molecule has 2 aromatic carbocycles. The van der Waals surface area contributed by atoms with Crippen molar-refractivity contribution in [1.82, 2.24) is 4.72 Å². The molecule has 0 heterocycles. The van der Waals surface area contributed by atoms with Gasteiger partial charge in [-0.2, -0.15) is 0 Å². The zero-order valence-corrected chi connectivity index (χ0v) is 13.1. The van der Waals surface area contributed by atoms with Crippen molar-refractivity contribution in [2.24, 2.45) is 0 Å². The maximum absolute atomic E-state index is 12.2. The van der Waals surface area contributed by atoms with Crippen LogP contribution in [-0.2, 0) is 16.4 Å². The number of hydrogen-bond donors (Lipinski definition) is 2. The predicted molar refractivity (Wildman–Crippen MR) is 84.6 cm³/mol. The number of phenols is 1. The van der Waals surface area contributed by atoms with Gasteiger partial charge in [0.05, 0.1) is 11.5 Å². The maximum Gasteiger partial charge on any atom is 0.240 e. The molecule has 0 saturated carbocycles. The normalized spacial score (nSPS) is 11.3. The van der Waals surface area contributed by atoms with Gasteiger partial charge in [0.15, 0.2) is 0 Å². The summed E-state index contributed by atoms with van der Waals surface area (Å²) in [5, 5.41) is 9.65. The van der Waals surface area contributed by atoms with Gasteiger partial charge in [-0.05, 0) is 49.2 Å². The fourth-order valence-corrected chi connectivity index (χ4v) is 3.04. The van der Waals surface area contributed by atoms with Crippen LogP contribution in [-0.4, -0.2) is 26.7 Å². The summed E-state index contributed by atoms with van der Waals surface area (Å²) in [4.78, 5) is 0.188. The quantitative estimate of drug-likeness (QED) is 0.820. The summed E-state index contributed by atoms with van der Waals surface area (Å²) in [6.07, 6.45) is 0.420. The van der Waals surface area contributed by atoms with Crippen LogP contribution in [0.15, 0.2) is 53.4 Å². The number of ether oxygens (including phenoxy) is 1. The number of para-hydroxylation sites is 1. The van der Waals surface area contributed by atoms with E-state index in [0.29, 0.717) is 24.3 Å². The van der Waals surface area contributed by atoms with Crippen molar-refractivity contribution in [3.8, 4) is 11.5 Å². The van der Waals surface area contributed by atoms with E-state index in [1.807, 2.05) is 6.92 Å². The molecule has 0 fully saturated rings. The highest BCUT2D eigenvalue weighted by Crippen LogP contribution is 2.17. The van der Waals surface area contributed by atoms with Gasteiger partial charge in [0.1, 0.15) is 11.5 Å². The molecule has 0 aliphatic carbocycles. The molecule has 6 heteroatoms. The van der Waals surface area contributed by atoms with Crippen LogP contribution < -0.4 is 9.46 Å². The van der Waals surface area contributed by atoms with Crippen LogP contribution in [0.4, 0.5) is 0 Å². The number of aromatic hydroxyl groups is 1. The molecule has 2 rings (SSSR count). The van der Waals surface area contributed by atoms with E-state index >= 15 is 0 Å². The molecular weight excluding hydrogens is 302 g/mol. The Hall–Kier alpha value is -2.05. The van der Waals surface area contributed by atoms with Crippen LogP contribution in [0.25, 0.3) is 0 Å². The second-order valence-corrected chi connectivity index (χ2v) is 6.45. The van der Waals surface area contributed by atoms with E-state index in [-0.39, 0.29) is 17.2 Å². The lowest BCUT2D eigenvalue weighted by Gasteiger charge is -2.09. The molecule has 0 aliphatic heterocycles. The molecule has 0 atom stereocenters. The molecule has 0 aromatic heterocycles. The molecule has 0 saturated heterocycles. The Labute approximate surface area is 130 Å². The first-order valence-corrected chi connectivity index (χ1v) is 8.50. The third-order valence-corrected chi connectivity index (χ3v) is 4.60. The van der Waals surface area contributed by atoms with E-state index < -0.39 is 10.0 Å². The van der Waals surface area contributed by atoms with Crippen molar-refractivity contribution >= 4 is 10.0 Å². The molecule has 5 nitrogen and oxygen atoms in total. The van der Waals surface area contributed by atoms with Crippen LogP contribution >= 0.6 is 0 Å². The maximum atomic E-state index is 12.2. The van der Waals surface area contributed by atoms with Gasteiger partial charge in [-0.25, -0.2) is 13.1 Å². The van der Waals surface area contributed by atoms with Crippen molar-refractivity contribution in [2.75, 3.05) is 13.2 Å². The minimum Gasteiger partial charge on any atom is -0.508 e. The molecule has 118 valence electrons. The van der Waals surface area contributed by atoms with Gasteiger partial charge in [0.25, 0.3) is 0 Å². The Morgan fingerprint density at radius 2 is 1.77 bits per heavy atom. The van der Waals surface area contributed by atoms with Gasteiger partial charge >= 0.3 is 0 Å². The smallest absolute Gasteiger partial charge is 0.240 e. The lowest BCUT2D eigenvalue weighted by Crippen LogP contribution is -2.26. The van der Waals surface area contributed by atoms with Gasteiger partial charge in [0, 0.05) is 6.54 Å². The summed E-state index contributed by atoms with van der Waals surface area (Å²) in [5.41, 5.74) is 0.705. The van der Waals surface area contributed by atoms with E-state index in [2.05, 4.69) is 4.72 Å². The number of benzene rings is 2. The highest BCUT2D eigenvalue weighted by Gasteiger charge is 2.13. The number of phenolic OH excluding ortho intramolecular Hbond substituents is 1. The summed E-state index contributed by atoms with van der Waals surface area (Å²) in [6, 6.07) is 13.1. The number of nitrogens with one attached hydrogen (secondary N) is 1. The van der Waals surface area contributed by atoms with Crippen LogP contribution in [0.5, 0.6) is 11.5 Å². The van der Waals surface area contributed by atoms with Crippen molar-refractivity contribution in [1.29, 1.82) is 0 Å².